The second-order valence-electron chi connectivity index (χ2n) is 4.00. The molecular weight excluding hydrogens is 268 g/mol. The Hall–Kier alpha value is -1.80. The van der Waals surface area contributed by atoms with Gasteiger partial charge in [-0.25, -0.2) is 0 Å². The van der Waals surface area contributed by atoms with Crippen LogP contribution in [0.2, 0.25) is 0 Å². The third-order valence-electron chi connectivity index (χ3n) is 2.02. The molecule has 20 heavy (non-hydrogen) atoms. The average Bonchev–Trinajstić information content (AvgIpc) is 2.33. The molecule has 0 aliphatic heterocycles. The molecule has 0 aliphatic carbocycles. The normalized spacial score (nSPS) is 9.30. The van der Waals surface area contributed by atoms with Gasteiger partial charge in [0.1, 0.15) is 24.4 Å². The Balaban J connectivity index is 0. The Kier molecular flexibility index (Phi) is 14.0. The van der Waals surface area contributed by atoms with Crippen LogP contribution >= 0.6 is 0 Å². The summed E-state index contributed by atoms with van der Waals surface area (Å²) < 4.78 is 0. The first-order valence-electron chi connectivity index (χ1n) is 6.20. The predicted octanol–water partition coefficient (Wildman–Crippen LogP) is -0.462. The Bertz CT molecular complexity index is 298. The van der Waals surface area contributed by atoms with Crippen molar-refractivity contribution in [2.45, 2.75) is 38.5 Å². The monoisotopic (exact) mass is 290 g/mol. The molecule has 0 atom stereocenters. The highest BCUT2D eigenvalue weighted by atomic mass is 16.4. The summed E-state index contributed by atoms with van der Waals surface area (Å²) in [7, 11) is 0. The quantitative estimate of drug-likeness (QED) is 0.393. The molecule has 0 aromatic rings. The van der Waals surface area contributed by atoms with Gasteiger partial charge in [0.05, 0.1) is 0 Å². The highest BCUT2D eigenvalue weighted by Gasteiger charge is 2.06. The van der Waals surface area contributed by atoms with Crippen LogP contribution in [0.15, 0.2) is 0 Å². The molecule has 0 radical (unpaired) electrons. The molecule has 0 bridgehead atoms. The van der Waals surface area contributed by atoms with Gasteiger partial charge in [0.15, 0.2) is 0 Å². The number of Topliss-reactive ketones (excluding diaryl/α,β-unsaturated/α-hetero) is 2. The van der Waals surface area contributed by atoms with E-state index in [1.165, 1.54) is 0 Å². The summed E-state index contributed by atoms with van der Waals surface area (Å²) in [5, 5.41) is 16.3. The molecule has 0 saturated heterocycles. The van der Waals surface area contributed by atoms with E-state index in [0.717, 1.165) is 0 Å². The second kappa shape index (κ2) is 13.6. The molecule has 6 N–H and O–H groups in total. The van der Waals surface area contributed by atoms with Gasteiger partial charge >= 0.3 is 11.9 Å². The number of carboxylic acid groups (broad SMARTS) is 2. The van der Waals surface area contributed by atoms with Gasteiger partial charge in [0.25, 0.3) is 0 Å². The summed E-state index contributed by atoms with van der Waals surface area (Å²) in [5.74, 6) is -2.64. The van der Waals surface area contributed by atoms with Crippen LogP contribution in [-0.4, -0.2) is 46.8 Å². The van der Waals surface area contributed by atoms with Crippen LogP contribution in [0.5, 0.6) is 0 Å². The van der Waals surface area contributed by atoms with Crippen molar-refractivity contribution in [2.75, 3.05) is 13.1 Å². The lowest BCUT2D eigenvalue weighted by atomic mass is 10.2. The van der Waals surface area contributed by atoms with E-state index in [4.69, 9.17) is 21.7 Å². The van der Waals surface area contributed by atoms with Gasteiger partial charge in [-0.2, -0.15) is 0 Å². The largest absolute Gasteiger partial charge is 0.481 e. The fraction of sp³-hybridized carbons (Fsp3) is 0.667. The molecule has 0 aromatic heterocycles. The van der Waals surface area contributed by atoms with Crippen molar-refractivity contribution < 1.29 is 29.4 Å². The Morgan fingerprint density at radius 1 is 0.700 bits per heavy atom. The number of ketones is 2. The first-order chi connectivity index (χ1) is 9.33. The number of hydrogen-bond donors (Lipinski definition) is 4. The van der Waals surface area contributed by atoms with E-state index in [-0.39, 0.29) is 37.2 Å². The molecule has 8 heteroatoms. The first kappa shape index (κ1) is 20.5. The van der Waals surface area contributed by atoms with Gasteiger partial charge in [0.2, 0.25) is 0 Å². The fourth-order valence-corrected chi connectivity index (χ4v) is 1.11. The summed E-state index contributed by atoms with van der Waals surface area (Å²) in [6.45, 7) is 0.872. The van der Waals surface area contributed by atoms with E-state index in [0.29, 0.717) is 25.9 Å². The maximum absolute atomic E-state index is 10.6. The molecule has 0 spiro atoms. The number of nitrogens with two attached hydrogens (primary N) is 2. The summed E-state index contributed by atoms with van der Waals surface area (Å²) >= 11 is 0. The standard InChI is InChI=1S/2C6H11NO3/c2*7-3-1-2-5(8)4-6(9)10/h2*1-4,7H2,(H,9,10). The third-order valence-corrected chi connectivity index (χ3v) is 2.02. The van der Waals surface area contributed by atoms with E-state index >= 15 is 0 Å². The van der Waals surface area contributed by atoms with Gasteiger partial charge < -0.3 is 21.7 Å². The molecule has 0 aliphatic rings. The number of aliphatic carboxylic acids is 2. The SMILES string of the molecule is NCCCC(=O)CC(=O)O.NCCCC(=O)CC(=O)O. The Labute approximate surface area is 117 Å². The highest BCUT2D eigenvalue weighted by Crippen LogP contribution is 1.93. The summed E-state index contributed by atoms with van der Waals surface area (Å²) in [6, 6.07) is 0. The van der Waals surface area contributed by atoms with Crippen molar-refractivity contribution in [3.05, 3.63) is 0 Å². The van der Waals surface area contributed by atoms with Gasteiger partial charge in [-0.1, -0.05) is 0 Å². The van der Waals surface area contributed by atoms with Crippen molar-refractivity contribution in [3.8, 4) is 0 Å². The van der Waals surface area contributed by atoms with E-state index < -0.39 is 11.9 Å². The Morgan fingerprint density at radius 2 is 1.00 bits per heavy atom. The highest BCUT2D eigenvalue weighted by molar-refractivity contribution is 5.95. The number of carboxylic acids is 2. The third kappa shape index (κ3) is 18.6. The summed E-state index contributed by atoms with van der Waals surface area (Å²) in [4.78, 5) is 41.0. The molecule has 0 fully saturated rings. The zero-order valence-electron chi connectivity index (χ0n) is 11.3. The smallest absolute Gasteiger partial charge is 0.310 e. The molecule has 0 amide bonds. The number of rotatable bonds is 10. The van der Waals surface area contributed by atoms with Crippen LogP contribution in [0.1, 0.15) is 38.5 Å². The molecule has 0 rings (SSSR count). The van der Waals surface area contributed by atoms with Crippen LogP contribution in [-0.2, 0) is 19.2 Å². The molecule has 0 unspecified atom stereocenters. The fourth-order valence-electron chi connectivity index (χ4n) is 1.11. The van der Waals surface area contributed by atoms with Gasteiger partial charge in [-0.05, 0) is 25.9 Å². The minimum atomic E-state index is -1.07. The second-order valence-corrected chi connectivity index (χ2v) is 4.00. The van der Waals surface area contributed by atoms with Crippen LogP contribution < -0.4 is 11.5 Å². The molecule has 0 heterocycles. The lowest BCUT2D eigenvalue weighted by molar-refractivity contribution is -0.141. The topological polar surface area (TPSA) is 161 Å². The molecule has 0 saturated carbocycles. The van der Waals surface area contributed by atoms with Gasteiger partial charge in [-0.15, -0.1) is 0 Å². The summed E-state index contributed by atoms with van der Waals surface area (Å²) in [5.41, 5.74) is 10.2. The minimum Gasteiger partial charge on any atom is -0.481 e. The molecule has 8 nitrogen and oxygen atoms in total. The maximum Gasteiger partial charge on any atom is 0.310 e. The van der Waals surface area contributed by atoms with Crippen molar-refractivity contribution in [1.29, 1.82) is 0 Å². The van der Waals surface area contributed by atoms with Crippen LogP contribution in [0.3, 0.4) is 0 Å². The lowest BCUT2D eigenvalue weighted by Crippen LogP contribution is -2.08. The Morgan fingerprint density at radius 3 is 1.20 bits per heavy atom. The van der Waals surface area contributed by atoms with Crippen LogP contribution in [0, 0.1) is 0 Å². The zero-order chi connectivity index (χ0) is 16.0. The van der Waals surface area contributed by atoms with Crippen molar-refractivity contribution in [2.24, 2.45) is 11.5 Å². The number of carbonyl (C=O) groups is 4. The number of hydrogen-bond acceptors (Lipinski definition) is 6. The van der Waals surface area contributed by atoms with Crippen molar-refractivity contribution in [1.82, 2.24) is 0 Å². The van der Waals surface area contributed by atoms with E-state index in [1.807, 2.05) is 0 Å². The van der Waals surface area contributed by atoms with E-state index in [1.54, 1.807) is 0 Å². The molecular formula is C12H22N2O6. The van der Waals surface area contributed by atoms with Crippen molar-refractivity contribution >= 4 is 23.5 Å². The van der Waals surface area contributed by atoms with Gasteiger partial charge in [0, 0.05) is 12.8 Å². The first-order valence-corrected chi connectivity index (χ1v) is 6.20. The van der Waals surface area contributed by atoms with Gasteiger partial charge in [-0.3, -0.25) is 19.2 Å². The molecule has 116 valence electrons. The van der Waals surface area contributed by atoms with E-state index in [2.05, 4.69) is 0 Å². The zero-order valence-corrected chi connectivity index (χ0v) is 11.3. The summed E-state index contributed by atoms with van der Waals surface area (Å²) in [6.07, 6.45) is 0.962. The van der Waals surface area contributed by atoms with Crippen LogP contribution in [0.4, 0.5) is 0 Å². The average molecular weight is 290 g/mol. The predicted molar refractivity (Wildman–Crippen MR) is 71.1 cm³/mol. The maximum atomic E-state index is 10.6. The van der Waals surface area contributed by atoms with Crippen LogP contribution in [0.25, 0.3) is 0 Å². The minimum absolute atomic E-state index is 0.252. The number of carbonyl (C=O) groups excluding carboxylic acids is 2. The molecule has 0 aromatic carbocycles. The lowest BCUT2D eigenvalue weighted by Gasteiger charge is -1.93. The van der Waals surface area contributed by atoms with Crippen molar-refractivity contribution in [3.63, 3.8) is 0 Å². The van der Waals surface area contributed by atoms with E-state index in [9.17, 15) is 19.2 Å².